The molecule has 4 heteroatoms. The molecule has 1 heterocycles. The lowest BCUT2D eigenvalue weighted by atomic mass is 10.1. The van der Waals surface area contributed by atoms with Crippen LogP contribution in [0.1, 0.15) is 39.4 Å². The molecule has 2 rings (SSSR count). The number of nitrogens with zero attached hydrogens (tertiary/aromatic N) is 3. The zero-order valence-corrected chi connectivity index (χ0v) is 11.2. The molecule has 1 aromatic heterocycles. The van der Waals surface area contributed by atoms with Crippen LogP contribution in [0.25, 0.3) is 0 Å². The SMILES string of the molecule is CC(C)Cn1ncnc1CC(C)CNC1CC1. The fraction of sp³-hybridized carbons (Fsp3) is 0.846. The maximum atomic E-state index is 4.38. The summed E-state index contributed by atoms with van der Waals surface area (Å²) in [5.41, 5.74) is 0. The van der Waals surface area contributed by atoms with Crippen LogP contribution < -0.4 is 5.32 Å². The van der Waals surface area contributed by atoms with Crippen LogP contribution in [0.15, 0.2) is 6.33 Å². The van der Waals surface area contributed by atoms with E-state index in [4.69, 9.17) is 0 Å². The van der Waals surface area contributed by atoms with E-state index in [1.165, 1.54) is 12.8 Å². The van der Waals surface area contributed by atoms with E-state index in [-0.39, 0.29) is 0 Å². The summed E-state index contributed by atoms with van der Waals surface area (Å²) >= 11 is 0. The molecule has 96 valence electrons. The summed E-state index contributed by atoms with van der Waals surface area (Å²) in [5, 5.41) is 7.87. The van der Waals surface area contributed by atoms with Gasteiger partial charge in [-0.3, -0.25) is 0 Å². The largest absolute Gasteiger partial charge is 0.314 e. The Bertz CT molecular complexity index is 341. The van der Waals surface area contributed by atoms with E-state index in [0.29, 0.717) is 11.8 Å². The zero-order chi connectivity index (χ0) is 12.3. The smallest absolute Gasteiger partial charge is 0.138 e. The lowest BCUT2D eigenvalue weighted by Crippen LogP contribution is -2.25. The molecule has 1 unspecified atom stereocenters. The van der Waals surface area contributed by atoms with Crippen molar-refractivity contribution in [3.05, 3.63) is 12.2 Å². The number of aromatic nitrogens is 3. The van der Waals surface area contributed by atoms with Crippen LogP contribution >= 0.6 is 0 Å². The van der Waals surface area contributed by atoms with Crippen LogP contribution in [0.3, 0.4) is 0 Å². The van der Waals surface area contributed by atoms with Gasteiger partial charge in [0, 0.05) is 19.0 Å². The van der Waals surface area contributed by atoms with Gasteiger partial charge in [-0.1, -0.05) is 20.8 Å². The Kier molecular flexibility index (Phi) is 4.15. The first-order valence-electron chi connectivity index (χ1n) is 6.75. The van der Waals surface area contributed by atoms with Gasteiger partial charge in [0.1, 0.15) is 12.2 Å². The van der Waals surface area contributed by atoms with Gasteiger partial charge in [-0.15, -0.1) is 0 Å². The summed E-state index contributed by atoms with van der Waals surface area (Å²) in [6, 6.07) is 0.797. The van der Waals surface area contributed by atoms with Crippen molar-refractivity contribution < 1.29 is 0 Å². The minimum absolute atomic E-state index is 0.621. The highest BCUT2D eigenvalue weighted by molar-refractivity contribution is 4.88. The van der Waals surface area contributed by atoms with Crippen LogP contribution in [0.4, 0.5) is 0 Å². The summed E-state index contributed by atoms with van der Waals surface area (Å²) in [5.74, 6) is 2.38. The van der Waals surface area contributed by atoms with Crippen molar-refractivity contribution in [2.45, 2.75) is 52.6 Å². The monoisotopic (exact) mass is 236 g/mol. The van der Waals surface area contributed by atoms with Crippen molar-refractivity contribution in [1.29, 1.82) is 0 Å². The molecule has 0 radical (unpaired) electrons. The average molecular weight is 236 g/mol. The Morgan fingerprint density at radius 1 is 1.41 bits per heavy atom. The van der Waals surface area contributed by atoms with Gasteiger partial charge in [0.2, 0.25) is 0 Å². The molecule has 0 spiro atoms. The topological polar surface area (TPSA) is 42.7 Å². The van der Waals surface area contributed by atoms with E-state index < -0.39 is 0 Å². The van der Waals surface area contributed by atoms with Gasteiger partial charge in [-0.05, 0) is 31.2 Å². The molecule has 0 amide bonds. The second-order valence-electron chi connectivity index (χ2n) is 5.74. The number of hydrogen-bond donors (Lipinski definition) is 1. The van der Waals surface area contributed by atoms with E-state index in [1.54, 1.807) is 6.33 Å². The Labute approximate surface area is 104 Å². The Balaban J connectivity index is 1.81. The van der Waals surface area contributed by atoms with Crippen LogP contribution in [0.2, 0.25) is 0 Å². The molecule has 17 heavy (non-hydrogen) atoms. The van der Waals surface area contributed by atoms with Gasteiger partial charge < -0.3 is 5.32 Å². The second-order valence-corrected chi connectivity index (χ2v) is 5.74. The maximum absolute atomic E-state index is 4.38. The second kappa shape index (κ2) is 5.63. The van der Waals surface area contributed by atoms with Crippen molar-refractivity contribution in [2.24, 2.45) is 11.8 Å². The lowest BCUT2D eigenvalue weighted by Gasteiger charge is -2.13. The Morgan fingerprint density at radius 3 is 2.82 bits per heavy atom. The van der Waals surface area contributed by atoms with Crippen LogP contribution in [0, 0.1) is 11.8 Å². The predicted octanol–water partition coefficient (Wildman–Crippen LogP) is 1.86. The van der Waals surface area contributed by atoms with Crippen molar-refractivity contribution in [3.63, 3.8) is 0 Å². The van der Waals surface area contributed by atoms with E-state index in [9.17, 15) is 0 Å². The van der Waals surface area contributed by atoms with E-state index in [0.717, 1.165) is 31.4 Å². The first-order valence-corrected chi connectivity index (χ1v) is 6.75. The van der Waals surface area contributed by atoms with Gasteiger partial charge in [-0.2, -0.15) is 5.10 Å². The van der Waals surface area contributed by atoms with Gasteiger partial charge in [0.25, 0.3) is 0 Å². The van der Waals surface area contributed by atoms with Crippen molar-refractivity contribution >= 4 is 0 Å². The van der Waals surface area contributed by atoms with Gasteiger partial charge >= 0.3 is 0 Å². The first kappa shape index (κ1) is 12.6. The predicted molar refractivity (Wildman–Crippen MR) is 68.8 cm³/mol. The highest BCUT2D eigenvalue weighted by Gasteiger charge is 2.21. The maximum Gasteiger partial charge on any atom is 0.138 e. The number of rotatable bonds is 7. The lowest BCUT2D eigenvalue weighted by molar-refractivity contribution is 0.437. The standard InChI is InChI=1S/C13H24N4/c1-10(2)8-17-13(15-9-16-17)6-11(3)7-14-12-4-5-12/h9-12,14H,4-8H2,1-3H3. The molecule has 0 aliphatic heterocycles. The summed E-state index contributed by atoms with van der Waals surface area (Å²) in [4.78, 5) is 4.38. The van der Waals surface area contributed by atoms with E-state index in [1.807, 2.05) is 0 Å². The van der Waals surface area contributed by atoms with Gasteiger partial charge in [0.15, 0.2) is 0 Å². The molecule has 1 aliphatic carbocycles. The molecule has 1 atom stereocenters. The molecular weight excluding hydrogens is 212 g/mol. The summed E-state index contributed by atoms with van der Waals surface area (Å²) in [7, 11) is 0. The van der Waals surface area contributed by atoms with Crippen LogP contribution in [-0.4, -0.2) is 27.4 Å². The van der Waals surface area contributed by atoms with Gasteiger partial charge in [0.05, 0.1) is 0 Å². The third-order valence-corrected chi connectivity index (χ3v) is 3.10. The van der Waals surface area contributed by atoms with Crippen LogP contribution in [-0.2, 0) is 13.0 Å². The summed E-state index contributed by atoms with van der Waals surface area (Å²) in [6.45, 7) is 8.77. The molecule has 1 N–H and O–H groups in total. The molecule has 0 aromatic carbocycles. The third kappa shape index (κ3) is 4.11. The molecule has 0 saturated heterocycles. The average Bonchev–Trinajstić information content (AvgIpc) is 3.00. The van der Waals surface area contributed by atoms with Crippen molar-refractivity contribution in [3.8, 4) is 0 Å². The van der Waals surface area contributed by atoms with E-state index >= 15 is 0 Å². The molecule has 1 aliphatic rings. The van der Waals surface area contributed by atoms with E-state index in [2.05, 4.69) is 40.9 Å². The van der Waals surface area contributed by atoms with Crippen molar-refractivity contribution in [1.82, 2.24) is 20.1 Å². The summed E-state index contributed by atoms with van der Waals surface area (Å²) in [6.07, 6.45) is 5.41. The van der Waals surface area contributed by atoms with Crippen molar-refractivity contribution in [2.75, 3.05) is 6.54 Å². The minimum Gasteiger partial charge on any atom is -0.314 e. The number of nitrogens with one attached hydrogen (secondary N) is 1. The molecular formula is C13H24N4. The molecule has 4 nitrogen and oxygen atoms in total. The Morgan fingerprint density at radius 2 is 2.18 bits per heavy atom. The fourth-order valence-corrected chi connectivity index (χ4v) is 1.98. The highest BCUT2D eigenvalue weighted by Crippen LogP contribution is 2.19. The minimum atomic E-state index is 0.621. The third-order valence-electron chi connectivity index (χ3n) is 3.10. The zero-order valence-electron chi connectivity index (χ0n) is 11.2. The molecule has 1 fully saturated rings. The molecule has 0 bridgehead atoms. The van der Waals surface area contributed by atoms with Gasteiger partial charge in [-0.25, -0.2) is 9.67 Å². The number of hydrogen-bond acceptors (Lipinski definition) is 3. The van der Waals surface area contributed by atoms with Crippen LogP contribution in [0.5, 0.6) is 0 Å². The first-order chi connectivity index (χ1) is 8.15. The quantitative estimate of drug-likeness (QED) is 0.786. The highest BCUT2D eigenvalue weighted by atomic mass is 15.3. The summed E-state index contributed by atoms with van der Waals surface area (Å²) < 4.78 is 2.05. The molecule has 1 aromatic rings. The molecule has 1 saturated carbocycles. The normalized spacial score (nSPS) is 17.6. The Hall–Kier alpha value is -0.900. The fourth-order valence-electron chi connectivity index (χ4n) is 1.98.